The van der Waals surface area contributed by atoms with Crippen LogP contribution in [0.4, 0.5) is 0 Å². The highest BCUT2D eigenvalue weighted by atomic mass is 79.9. The Morgan fingerprint density at radius 1 is 1.79 bits per heavy atom. The van der Waals surface area contributed by atoms with Crippen LogP contribution in [-0.4, -0.2) is 16.1 Å². The largest absolute Gasteiger partial charge is 0.369 e. The molecule has 1 heterocycles. The molecule has 14 heavy (non-hydrogen) atoms. The maximum atomic E-state index is 11.0. The highest BCUT2D eigenvalue weighted by molar-refractivity contribution is 9.10. The molecule has 1 atom stereocenters. The van der Waals surface area contributed by atoms with Crippen LogP contribution >= 0.6 is 27.7 Å². The lowest BCUT2D eigenvalue weighted by Gasteiger charge is -2.10. The van der Waals surface area contributed by atoms with E-state index in [1.54, 1.807) is 6.20 Å². The molecular weight excluding hydrogens is 264 g/mol. The molecule has 5 heteroatoms. The molecule has 3 nitrogen and oxygen atoms in total. The van der Waals surface area contributed by atoms with E-state index in [1.807, 2.05) is 19.1 Å². The molecule has 0 aliphatic carbocycles. The molecule has 0 saturated carbocycles. The van der Waals surface area contributed by atoms with Crippen LogP contribution in [0.2, 0.25) is 0 Å². The molecular formula is C9H11BrN2OS. The van der Waals surface area contributed by atoms with Crippen LogP contribution in [0.3, 0.4) is 0 Å². The maximum Gasteiger partial charge on any atom is 0.230 e. The van der Waals surface area contributed by atoms with Crippen molar-refractivity contribution in [1.29, 1.82) is 0 Å². The number of thioether (sulfide) groups is 1. The van der Waals surface area contributed by atoms with E-state index in [2.05, 4.69) is 20.9 Å². The van der Waals surface area contributed by atoms with Gasteiger partial charge >= 0.3 is 0 Å². The van der Waals surface area contributed by atoms with Gasteiger partial charge in [0.25, 0.3) is 0 Å². The number of nitrogens with zero attached hydrogens (tertiary/aromatic N) is 1. The summed E-state index contributed by atoms with van der Waals surface area (Å²) in [6.07, 6.45) is 2.41. The van der Waals surface area contributed by atoms with Crippen LogP contribution in [-0.2, 0) is 4.79 Å². The first-order chi connectivity index (χ1) is 6.65. The Balaban J connectivity index is 2.77. The number of hydrogen-bond donors (Lipinski definition) is 1. The second kappa shape index (κ2) is 5.36. The van der Waals surface area contributed by atoms with Gasteiger partial charge in [0.05, 0.1) is 5.25 Å². The van der Waals surface area contributed by atoms with Crippen LogP contribution in [0, 0.1) is 0 Å². The van der Waals surface area contributed by atoms with Crippen LogP contribution < -0.4 is 5.73 Å². The van der Waals surface area contributed by atoms with E-state index in [-0.39, 0.29) is 11.2 Å². The number of nitrogens with two attached hydrogens (primary N) is 1. The average Bonchev–Trinajstić information content (AvgIpc) is 2.16. The van der Waals surface area contributed by atoms with Crippen LogP contribution in [0.15, 0.2) is 27.8 Å². The van der Waals surface area contributed by atoms with E-state index in [0.29, 0.717) is 6.42 Å². The van der Waals surface area contributed by atoms with E-state index in [1.165, 1.54) is 11.8 Å². The van der Waals surface area contributed by atoms with Crippen LogP contribution in [0.5, 0.6) is 0 Å². The summed E-state index contributed by atoms with van der Waals surface area (Å²) in [6.45, 7) is 1.93. The molecule has 0 fully saturated rings. The molecule has 0 aliphatic rings. The lowest BCUT2D eigenvalue weighted by atomic mass is 10.3. The summed E-state index contributed by atoms with van der Waals surface area (Å²) in [5, 5.41) is 0.597. The minimum Gasteiger partial charge on any atom is -0.369 e. The zero-order chi connectivity index (χ0) is 10.6. The molecule has 1 unspecified atom stereocenters. The third-order valence-electron chi connectivity index (χ3n) is 1.67. The molecule has 0 spiro atoms. The molecule has 0 bridgehead atoms. The third-order valence-corrected chi connectivity index (χ3v) is 3.97. The highest BCUT2D eigenvalue weighted by Gasteiger charge is 2.16. The van der Waals surface area contributed by atoms with E-state index < -0.39 is 0 Å². The Kier molecular flexibility index (Phi) is 4.41. The van der Waals surface area contributed by atoms with Crippen molar-refractivity contribution in [2.45, 2.75) is 23.6 Å². The monoisotopic (exact) mass is 274 g/mol. The van der Waals surface area contributed by atoms with Crippen molar-refractivity contribution in [3.63, 3.8) is 0 Å². The summed E-state index contributed by atoms with van der Waals surface area (Å²) in [7, 11) is 0. The number of primary amides is 1. The molecule has 1 aromatic rings. The second-order valence-corrected chi connectivity index (χ2v) is 4.75. The zero-order valence-electron chi connectivity index (χ0n) is 7.74. The van der Waals surface area contributed by atoms with Gasteiger partial charge in [-0.15, -0.1) is 0 Å². The average molecular weight is 275 g/mol. The lowest BCUT2D eigenvalue weighted by molar-refractivity contribution is -0.117. The first kappa shape index (κ1) is 11.5. The van der Waals surface area contributed by atoms with Gasteiger partial charge in [0.1, 0.15) is 5.03 Å². The number of carbonyl (C=O) groups excluding carboxylic acids is 1. The summed E-state index contributed by atoms with van der Waals surface area (Å²) in [5.41, 5.74) is 5.24. The van der Waals surface area contributed by atoms with E-state index in [4.69, 9.17) is 5.73 Å². The molecule has 0 aromatic carbocycles. The first-order valence-corrected chi connectivity index (χ1v) is 5.89. The van der Waals surface area contributed by atoms with E-state index in [9.17, 15) is 4.79 Å². The fourth-order valence-electron chi connectivity index (χ4n) is 0.935. The zero-order valence-corrected chi connectivity index (χ0v) is 10.1. The number of aromatic nitrogens is 1. The second-order valence-electron chi connectivity index (χ2n) is 2.71. The molecule has 0 saturated heterocycles. The van der Waals surface area contributed by atoms with Crippen LogP contribution in [0.25, 0.3) is 0 Å². The molecule has 0 radical (unpaired) electrons. The molecule has 1 rings (SSSR count). The van der Waals surface area contributed by atoms with Gasteiger partial charge in [-0.2, -0.15) is 0 Å². The van der Waals surface area contributed by atoms with Crippen LogP contribution in [0.1, 0.15) is 13.3 Å². The van der Waals surface area contributed by atoms with Crippen molar-refractivity contribution < 1.29 is 4.79 Å². The topological polar surface area (TPSA) is 56.0 Å². The number of carbonyl (C=O) groups is 1. The normalized spacial score (nSPS) is 12.4. The van der Waals surface area contributed by atoms with Gasteiger partial charge in [0, 0.05) is 10.7 Å². The standard InChI is InChI=1S/C9H11BrN2OS/c1-2-7(8(11)13)14-9-6(10)4-3-5-12-9/h3-5,7H,2H2,1H3,(H2,11,13). The van der Waals surface area contributed by atoms with Crippen molar-refractivity contribution in [2.75, 3.05) is 0 Å². The van der Waals surface area contributed by atoms with Gasteiger partial charge in [0.15, 0.2) is 0 Å². The molecule has 1 aromatic heterocycles. The Labute approximate surface area is 95.6 Å². The molecule has 0 aliphatic heterocycles. The van der Waals surface area contributed by atoms with Crippen molar-refractivity contribution in [2.24, 2.45) is 5.73 Å². The quantitative estimate of drug-likeness (QED) is 0.857. The lowest BCUT2D eigenvalue weighted by Crippen LogP contribution is -2.24. The highest BCUT2D eigenvalue weighted by Crippen LogP contribution is 2.29. The Morgan fingerprint density at radius 3 is 3.00 bits per heavy atom. The van der Waals surface area contributed by atoms with Gasteiger partial charge in [0.2, 0.25) is 5.91 Å². The number of halogens is 1. The minimum atomic E-state index is -0.296. The number of rotatable bonds is 4. The number of pyridine rings is 1. The molecule has 1 amide bonds. The summed E-state index contributed by atoms with van der Waals surface area (Å²) in [5.74, 6) is -0.296. The van der Waals surface area contributed by atoms with Crippen molar-refractivity contribution >= 4 is 33.6 Å². The number of amides is 1. The maximum absolute atomic E-state index is 11.0. The predicted molar refractivity (Wildman–Crippen MR) is 61.1 cm³/mol. The van der Waals surface area contributed by atoms with Crippen molar-refractivity contribution in [3.05, 3.63) is 22.8 Å². The summed E-state index contributed by atoms with van der Waals surface area (Å²) >= 11 is 4.76. The van der Waals surface area contributed by atoms with Gasteiger partial charge in [-0.05, 0) is 34.5 Å². The first-order valence-electron chi connectivity index (χ1n) is 4.21. The van der Waals surface area contributed by atoms with Crippen molar-refractivity contribution in [3.8, 4) is 0 Å². The Morgan fingerprint density at radius 2 is 2.50 bits per heavy atom. The summed E-state index contributed by atoms with van der Waals surface area (Å²) < 4.78 is 0.893. The van der Waals surface area contributed by atoms with E-state index >= 15 is 0 Å². The SMILES string of the molecule is CCC(Sc1ncccc1Br)C(N)=O. The predicted octanol–water partition coefficient (Wildman–Crippen LogP) is 2.20. The minimum absolute atomic E-state index is 0.207. The fourth-order valence-corrected chi connectivity index (χ4v) is 2.33. The Bertz CT molecular complexity index is 332. The molecule has 76 valence electrons. The molecule has 2 N–H and O–H groups in total. The number of hydrogen-bond acceptors (Lipinski definition) is 3. The smallest absolute Gasteiger partial charge is 0.230 e. The fraction of sp³-hybridized carbons (Fsp3) is 0.333. The summed E-state index contributed by atoms with van der Waals surface area (Å²) in [4.78, 5) is 15.2. The van der Waals surface area contributed by atoms with Gasteiger partial charge in [-0.1, -0.05) is 18.7 Å². The Hall–Kier alpha value is -0.550. The van der Waals surface area contributed by atoms with Gasteiger partial charge < -0.3 is 5.73 Å². The summed E-state index contributed by atoms with van der Waals surface area (Å²) in [6, 6.07) is 3.72. The van der Waals surface area contributed by atoms with E-state index in [0.717, 1.165) is 9.50 Å². The van der Waals surface area contributed by atoms with Gasteiger partial charge in [-0.25, -0.2) is 4.98 Å². The third kappa shape index (κ3) is 2.99. The van der Waals surface area contributed by atoms with Crippen molar-refractivity contribution in [1.82, 2.24) is 4.98 Å². The van der Waals surface area contributed by atoms with Gasteiger partial charge in [-0.3, -0.25) is 4.79 Å².